The second-order valence-electron chi connectivity index (χ2n) is 5.05. The molecule has 1 aromatic heterocycles. The summed E-state index contributed by atoms with van der Waals surface area (Å²) in [7, 11) is 3.68. The maximum Gasteiger partial charge on any atom is 0.322 e. The molecule has 1 saturated heterocycles. The van der Waals surface area contributed by atoms with Crippen molar-refractivity contribution in [1.29, 1.82) is 0 Å². The van der Waals surface area contributed by atoms with Crippen molar-refractivity contribution >= 4 is 17.5 Å². The first-order valence-electron chi connectivity index (χ1n) is 6.35. The lowest BCUT2D eigenvalue weighted by molar-refractivity contribution is -0.0738. The third kappa shape index (κ3) is 3.91. The van der Waals surface area contributed by atoms with Crippen LogP contribution in [0.5, 0.6) is 6.01 Å². The van der Waals surface area contributed by atoms with Gasteiger partial charge < -0.3 is 14.4 Å². The van der Waals surface area contributed by atoms with Gasteiger partial charge in [0.2, 0.25) is 11.2 Å². The highest BCUT2D eigenvalue weighted by molar-refractivity contribution is 6.28. The van der Waals surface area contributed by atoms with Crippen LogP contribution in [0.2, 0.25) is 5.28 Å². The number of hydrogen-bond acceptors (Lipinski definition) is 6. The molecule has 2 atom stereocenters. The number of ether oxygens (including phenoxy) is 2. The topological polar surface area (TPSA) is 60.4 Å². The molecular formula is C12H19ClN4O2. The summed E-state index contributed by atoms with van der Waals surface area (Å²) in [5, 5.41) is 0.141. The van der Waals surface area contributed by atoms with Gasteiger partial charge in [-0.1, -0.05) is 0 Å². The molecule has 0 N–H and O–H groups in total. The minimum atomic E-state index is 0.0484. The van der Waals surface area contributed by atoms with E-state index in [0.717, 1.165) is 12.8 Å². The summed E-state index contributed by atoms with van der Waals surface area (Å²) < 4.78 is 11.5. The van der Waals surface area contributed by atoms with Crippen molar-refractivity contribution in [3.63, 3.8) is 0 Å². The molecule has 0 amide bonds. The highest BCUT2D eigenvalue weighted by Gasteiger charge is 2.26. The second-order valence-corrected chi connectivity index (χ2v) is 5.39. The average Bonchev–Trinajstić information content (AvgIpc) is 2.26. The SMILES string of the molecule is CC1CC(Oc2nc(Cl)nc(N(C)C)n2)CC(C)O1. The van der Waals surface area contributed by atoms with E-state index >= 15 is 0 Å². The first-order chi connectivity index (χ1) is 8.94. The molecule has 0 aromatic carbocycles. The maximum atomic E-state index is 5.88. The minimum absolute atomic E-state index is 0.0484. The van der Waals surface area contributed by atoms with Crippen molar-refractivity contribution in [3.8, 4) is 6.01 Å². The number of aromatic nitrogens is 3. The van der Waals surface area contributed by atoms with E-state index in [1.165, 1.54) is 0 Å². The molecule has 19 heavy (non-hydrogen) atoms. The lowest BCUT2D eigenvalue weighted by Gasteiger charge is -2.31. The first-order valence-corrected chi connectivity index (χ1v) is 6.73. The van der Waals surface area contributed by atoms with Gasteiger partial charge in [-0.3, -0.25) is 0 Å². The summed E-state index contributed by atoms with van der Waals surface area (Å²) in [5.74, 6) is 0.489. The van der Waals surface area contributed by atoms with Crippen LogP contribution in [0.1, 0.15) is 26.7 Å². The molecule has 2 unspecified atom stereocenters. The number of nitrogens with zero attached hydrogens (tertiary/aromatic N) is 4. The fourth-order valence-electron chi connectivity index (χ4n) is 2.16. The first kappa shape index (κ1) is 14.3. The van der Waals surface area contributed by atoms with Gasteiger partial charge >= 0.3 is 6.01 Å². The van der Waals surface area contributed by atoms with Gasteiger partial charge in [0.05, 0.1) is 12.2 Å². The quantitative estimate of drug-likeness (QED) is 0.846. The van der Waals surface area contributed by atoms with Crippen LogP contribution in [0.3, 0.4) is 0 Å². The van der Waals surface area contributed by atoms with Gasteiger partial charge in [0.15, 0.2) is 0 Å². The molecule has 0 spiro atoms. The number of rotatable bonds is 3. The minimum Gasteiger partial charge on any atom is -0.460 e. The number of halogens is 1. The highest BCUT2D eigenvalue weighted by Crippen LogP contribution is 2.23. The van der Waals surface area contributed by atoms with Crippen LogP contribution in [0.4, 0.5) is 5.95 Å². The van der Waals surface area contributed by atoms with Crippen molar-refractivity contribution in [1.82, 2.24) is 15.0 Å². The highest BCUT2D eigenvalue weighted by atomic mass is 35.5. The van der Waals surface area contributed by atoms with Gasteiger partial charge in [-0.05, 0) is 25.4 Å². The summed E-state index contributed by atoms with van der Waals surface area (Å²) in [6, 6.07) is 0.273. The summed E-state index contributed by atoms with van der Waals surface area (Å²) >= 11 is 5.88. The zero-order valence-electron chi connectivity index (χ0n) is 11.6. The normalized spacial score (nSPS) is 27.1. The van der Waals surface area contributed by atoms with E-state index in [9.17, 15) is 0 Å². The third-order valence-corrected chi connectivity index (χ3v) is 3.07. The molecule has 7 heteroatoms. The zero-order valence-corrected chi connectivity index (χ0v) is 12.4. The summed E-state index contributed by atoms with van der Waals surface area (Å²) in [4.78, 5) is 14.0. The zero-order chi connectivity index (χ0) is 14.0. The predicted octanol–water partition coefficient (Wildman–Crippen LogP) is 1.93. The van der Waals surface area contributed by atoms with Crippen molar-refractivity contribution in [2.24, 2.45) is 0 Å². The van der Waals surface area contributed by atoms with Gasteiger partial charge in [0.25, 0.3) is 0 Å². The van der Waals surface area contributed by atoms with E-state index in [4.69, 9.17) is 21.1 Å². The Labute approximate surface area is 118 Å². The largest absolute Gasteiger partial charge is 0.460 e. The smallest absolute Gasteiger partial charge is 0.322 e. The molecule has 2 heterocycles. The van der Waals surface area contributed by atoms with Crippen LogP contribution in [-0.2, 0) is 4.74 Å². The standard InChI is InChI=1S/C12H19ClN4O2/c1-7-5-9(6-8(2)18-7)19-12-15-10(13)14-11(16-12)17(3)4/h7-9H,5-6H2,1-4H3. The van der Waals surface area contributed by atoms with Crippen molar-refractivity contribution in [2.75, 3.05) is 19.0 Å². The van der Waals surface area contributed by atoms with Crippen LogP contribution in [0.15, 0.2) is 0 Å². The molecule has 0 aliphatic carbocycles. The Balaban J connectivity index is 2.10. The number of anilines is 1. The molecule has 1 fully saturated rings. The Morgan fingerprint density at radius 3 is 2.37 bits per heavy atom. The Hall–Kier alpha value is -1.14. The number of hydrogen-bond donors (Lipinski definition) is 0. The average molecular weight is 287 g/mol. The van der Waals surface area contributed by atoms with Gasteiger partial charge in [0.1, 0.15) is 6.10 Å². The fourth-order valence-corrected chi connectivity index (χ4v) is 2.31. The van der Waals surface area contributed by atoms with Crippen LogP contribution in [-0.4, -0.2) is 47.4 Å². The van der Waals surface area contributed by atoms with Gasteiger partial charge in [-0.15, -0.1) is 0 Å². The van der Waals surface area contributed by atoms with Gasteiger partial charge in [0, 0.05) is 26.9 Å². The molecule has 2 rings (SSSR count). The van der Waals surface area contributed by atoms with Crippen LogP contribution in [0.25, 0.3) is 0 Å². The van der Waals surface area contributed by atoms with Crippen LogP contribution >= 0.6 is 11.6 Å². The van der Waals surface area contributed by atoms with E-state index in [1.807, 2.05) is 27.9 Å². The van der Waals surface area contributed by atoms with Crippen LogP contribution < -0.4 is 9.64 Å². The molecule has 1 aromatic rings. The molecule has 6 nitrogen and oxygen atoms in total. The molecule has 0 radical (unpaired) electrons. The van der Waals surface area contributed by atoms with E-state index in [2.05, 4.69) is 15.0 Å². The molecule has 0 bridgehead atoms. The molecular weight excluding hydrogens is 268 g/mol. The lowest BCUT2D eigenvalue weighted by Crippen LogP contribution is -2.36. The van der Waals surface area contributed by atoms with Gasteiger partial charge in [-0.25, -0.2) is 0 Å². The van der Waals surface area contributed by atoms with Crippen molar-refractivity contribution in [3.05, 3.63) is 5.28 Å². The summed E-state index contributed by atoms with van der Waals surface area (Å²) in [6.45, 7) is 4.08. The molecule has 106 valence electrons. The summed E-state index contributed by atoms with van der Waals surface area (Å²) in [5.41, 5.74) is 0. The predicted molar refractivity (Wildman–Crippen MR) is 72.8 cm³/mol. The Kier molecular flexibility index (Phi) is 4.42. The molecule has 1 aliphatic heterocycles. The Bertz CT molecular complexity index is 434. The van der Waals surface area contributed by atoms with Crippen LogP contribution in [0, 0.1) is 0 Å². The van der Waals surface area contributed by atoms with Gasteiger partial charge in [-0.2, -0.15) is 15.0 Å². The Morgan fingerprint density at radius 2 is 1.79 bits per heavy atom. The van der Waals surface area contributed by atoms with Crippen molar-refractivity contribution < 1.29 is 9.47 Å². The van der Waals surface area contributed by atoms with Crippen molar-refractivity contribution in [2.45, 2.75) is 45.0 Å². The van der Waals surface area contributed by atoms with E-state index < -0.39 is 0 Å². The maximum absolute atomic E-state index is 5.88. The monoisotopic (exact) mass is 286 g/mol. The van der Waals surface area contributed by atoms with E-state index in [1.54, 1.807) is 4.90 Å². The second kappa shape index (κ2) is 5.88. The fraction of sp³-hybridized carbons (Fsp3) is 0.750. The van der Waals surface area contributed by atoms with E-state index in [-0.39, 0.29) is 29.6 Å². The van der Waals surface area contributed by atoms with E-state index in [0.29, 0.717) is 5.95 Å². The molecule has 1 aliphatic rings. The Morgan fingerprint density at radius 1 is 1.16 bits per heavy atom. The summed E-state index contributed by atoms with van der Waals surface area (Å²) in [6.07, 6.45) is 2.06. The molecule has 0 saturated carbocycles. The third-order valence-electron chi connectivity index (χ3n) is 2.90. The lowest BCUT2D eigenvalue weighted by atomic mass is 10.0.